The Morgan fingerprint density at radius 3 is 2.88 bits per heavy atom. The fraction of sp³-hybridized carbons (Fsp3) is 0.500. The molecule has 1 rings (SSSR count). The lowest BCUT2D eigenvalue weighted by molar-refractivity contribution is 0.616. The molecule has 1 unspecified atom stereocenters. The summed E-state index contributed by atoms with van der Waals surface area (Å²) in [6.07, 6.45) is 4.10. The number of nitrogens with zero attached hydrogens (tertiary/aromatic N) is 2. The summed E-state index contributed by atoms with van der Waals surface area (Å²) >= 11 is 4.92. The van der Waals surface area contributed by atoms with E-state index < -0.39 is 0 Å². The third-order valence-electron chi connectivity index (χ3n) is 2.77. The molecule has 0 aliphatic heterocycles. The Bertz CT molecular complexity index is 365. The quantitative estimate of drug-likeness (QED) is 0.798. The fourth-order valence-corrected chi connectivity index (χ4v) is 1.75. The molecule has 0 bridgehead atoms. The van der Waals surface area contributed by atoms with Gasteiger partial charge in [0.1, 0.15) is 4.99 Å². The Morgan fingerprint density at radius 1 is 1.62 bits per heavy atom. The first kappa shape index (κ1) is 12.9. The van der Waals surface area contributed by atoms with Crippen LogP contribution in [0.3, 0.4) is 0 Å². The Hall–Kier alpha value is -1.16. The van der Waals surface area contributed by atoms with Crippen molar-refractivity contribution in [3.8, 4) is 0 Å². The van der Waals surface area contributed by atoms with Crippen molar-refractivity contribution in [1.82, 2.24) is 4.98 Å². The Kier molecular flexibility index (Phi) is 4.68. The Balaban J connectivity index is 2.86. The van der Waals surface area contributed by atoms with Crippen LogP contribution in [-0.2, 0) is 0 Å². The summed E-state index contributed by atoms with van der Waals surface area (Å²) < 4.78 is 0. The number of thiocarbonyl (C=S) groups is 1. The van der Waals surface area contributed by atoms with Crippen LogP contribution in [0.2, 0.25) is 0 Å². The van der Waals surface area contributed by atoms with Crippen LogP contribution < -0.4 is 10.6 Å². The molecule has 1 aromatic rings. The van der Waals surface area contributed by atoms with E-state index in [-0.39, 0.29) is 0 Å². The predicted octanol–water partition coefficient (Wildman–Crippen LogP) is 2.34. The number of aromatic nitrogens is 1. The van der Waals surface area contributed by atoms with Gasteiger partial charge in [-0.15, -0.1) is 0 Å². The van der Waals surface area contributed by atoms with Gasteiger partial charge in [-0.2, -0.15) is 0 Å². The van der Waals surface area contributed by atoms with Gasteiger partial charge in [0.2, 0.25) is 0 Å². The zero-order valence-corrected chi connectivity index (χ0v) is 10.9. The lowest BCUT2D eigenvalue weighted by Gasteiger charge is -2.26. The molecule has 0 saturated carbocycles. The SMILES string of the molecule is CCCC(C)N(C)c1ccnc(C(N)=S)c1. The van der Waals surface area contributed by atoms with Crippen molar-refractivity contribution >= 4 is 22.9 Å². The molecular formula is C12H19N3S. The van der Waals surface area contributed by atoms with Crippen molar-refractivity contribution in [3.63, 3.8) is 0 Å². The first-order valence-electron chi connectivity index (χ1n) is 5.55. The van der Waals surface area contributed by atoms with Gasteiger partial charge in [0, 0.05) is 25.0 Å². The molecule has 3 nitrogen and oxygen atoms in total. The molecule has 0 fully saturated rings. The molecule has 0 radical (unpaired) electrons. The van der Waals surface area contributed by atoms with Crippen molar-refractivity contribution in [2.24, 2.45) is 5.73 Å². The van der Waals surface area contributed by atoms with Gasteiger partial charge in [-0.1, -0.05) is 25.6 Å². The van der Waals surface area contributed by atoms with E-state index in [1.54, 1.807) is 6.20 Å². The van der Waals surface area contributed by atoms with E-state index in [1.807, 2.05) is 12.1 Å². The van der Waals surface area contributed by atoms with Crippen molar-refractivity contribution in [2.45, 2.75) is 32.7 Å². The second kappa shape index (κ2) is 5.80. The molecule has 1 heterocycles. The first-order chi connectivity index (χ1) is 7.56. The van der Waals surface area contributed by atoms with Gasteiger partial charge in [0.05, 0.1) is 5.69 Å². The van der Waals surface area contributed by atoms with Crippen molar-refractivity contribution in [1.29, 1.82) is 0 Å². The van der Waals surface area contributed by atoms with Gasteiger partial charge < -0.3 is 10.6 Å². The van der Waals surface area contributed by atoms with Crippen LogP contribution in [0.5, 0.6) is 0 Å². The molecule has 4 heteroatoms. The molecule has 1 atom stereocenters. The summed E-state index contributed by atoms with van der Waals surface area (Å²) in [5, 5.41) is 0. The van der Waals surface area contributed by atoms with Gasteiger partial charge in [-0.05, 0) is 25.5 Å². The maximum Gasteiger partial charge on any atom is 0.122 e. The lowest BCUT2D eigenvalue weighted by Crippen LogP contribution is -2.28. The molecule has 0 amide bonds. The van der Waals surface area contributed by atoms with Crippen LogP contribution in [0.4, 0.5) is 5.69 Å². The molecular weight excluding hydrogens is 218 g/mol. The van der Waals surface area contributed by atoms with Crippen LogP contribution in [0.25, 0.3) is 0 Å². The third-order valence-corrected chi connectivity index (χ3v) is 2.98. The summed E-state index contributed by atoms with van der Waals surface area (Å²) in [5.41, 5.74) is 7.36. The topological polar surface area (TPSA) is 42.2 Å². The highest BCUT2D eigenvalue weighted by atomic mass is 32.1. The lowest BCUT2D eigenvalue weighted by atomic mass is 10.1. The minimum atomic E-state index is 0.346. The number of hydrogen-bond donors (Lipinski definition) is 1. The van der Waals surface area contributed by atoms with E-state index in [2.05, 4.69) is 30.8 Å². The van der Waals surface area contributed by atoms with Crippen LogP contribution in [0, 0.1) is 0 Å². The van der Waals surface area contributed by atoms with Crippen molar-refractivity contribution in [3.05, 3.63) is 24.0 Å². The Morgan fingerprint density at radius 2 is 2.31 bits per heavy atom. The summed E-state index contributed by atoms with van der Waals surface area (Å²) in [5.74, 6) is 0. The van der Waals surface area contributed by atoms with Crippen molar-refractivity contribution in [2.75, 3.05) is 11.9 Å². The van der Waals surface area contributed by atoms with Crippen LogP contribution in [0.15, 0.2) is 18.3 Å². The summed E-state index contributed by atoms with van der Waals surface area (Å²) in [6, 6.07) is 4.43. The van der Waals surface area contributed by atoms with Crippen molar-refractivity contribution < 1.29 is 0 Å². The van der Waals surface area contributed by atoms with E-state index in [0.717, 1.165) is 5.69 Å². The van der Waals surface area contributed by atoms with Crippen LogP contribution in [-0.4, -0.2) is 23.1 Å². The molecule has 16 heavy (non-hydrogen) atoms. The summed E-state index contributed by atoms with van der Waals surface area (Å²) in [6.45, 7) is 4.40. The fourth-order valence-electron chi connectivity index (χ4n) is 1.64. The highest BCUT2D eigenvalue weighted by Crippen LogP contribution is 2.17. The highest BCUT2D eigenvalue weighted by molar-refractivity contribution is 7.80. The predicted molar refractivity (Wildman–Crippen MR) is 72.9 cm³/mol. The second-order valence-corrected chi connectivity index (χ2v) is 4.45. The van der Waals surface area contributed by atoms with Gasteiger partial charge in [-0.3, -0.25) is 4.98 Å². The zero-order valence-electron chi connectivity index (χ0n) is 10.1. The first-order valence-corrected chi connectivity index (χ1v) is 5.95. The standard InChI is InChI=1S/C12H19N3S/c1-4-5-9(2)15(3)10-6-7-14-11(8-10)12(13)16/h6-9H,4-5H2,1-3H3,(H2,13,16). The maximum atomic E-state index is 5.57. The zero-order chi connectivity index (χ0) is 12.1. The van der Waals surface area contributed by atoms with Gasteiger partial charge >= 0.3 is 0 Å². The Labute approximate surface area is 103 Å². The van der Waals surface area contributed by atoms with E-state index >= 15 is 0 Å². The number of nitrogens with two attached hydrogens (primary N) is 1. The monoisotopic (exact) mass is 237 g/mol. The normalized spacial score (nSPS) is 12.2. The number of pyridine rings is 1. The molecule has 0 aromatic carbocycles. The maximum absolute atomic E-state index is 5.57. The molecule has 0 saturated heterocycles. The van der Waals surface area contributed by atoms with E-state index in [9.17, 15) is 0 Å². The van der Waals surface area contributed by atoms with Crippen LogP contribution >= 0.6 is 12.2 Å². The average molecular weight is 237 g/mol. The van der Waals surface area contributed by atoms with E-state index in [0.29, 0.717) is 16.7 Å². The minimum Gasteiger partial charge on any atom is -0.388 e. The molecule has 2 N–H and O–H groups in total. The number of hydrogen-bond acceptors (Lipinski definition) is 3. The van der Waals surface area contributed by atoms with Crippen LogP contribution in [0.1, 0.15) is 32.4 Å². The number of rotatable bonds is 5. The second-order valence-electron chi connectivity index (χ2n) is 4.01. The largest absolute Gasteiger partial charge is 0.388 e. The molecule has 88 valence electrons. The highest BCUT2D eigenvalue weighted by Gasteiger charge is 2.10. The summed E-state index contributed by atoms with van der Waals surface area (Å²) in [7, 11) is 2.08. The molecule has 0 aliphatic carbocycles. The molecule has 0 aliphatic rings. The molecule has 1 aromatic heterocycles. The smallest absolute Gasteiger partial charge is 0.122 e. The minimum absolute atomic E-state index is 0.346. The van der Waals surface area contributed by atoms with E-state index in [1.165, 1.54) is 12.8 Å². The number of anilines is 1. The summed E-state index contributed by atoms with van der Waals surface area (Å²) in [4.78, 5) is 6.71. The van der Waals surface area contributed by atoms with E-state index in [4.69, 9.17) is 18.0 Å². The molecule has 0 spiro atoms. The third kappa shape index (κ3) is 3.17. The van der Waals surface area contributed by atoms with Gasteiger partial charge in [0.15, 0.2) is 0 Å². The average Bonchev–Trinajstić information content (AvgIpc) is 2.28. The van der Waals surface area contributed by atoms with Gasteiger partial charge in [-0.25, -0.2) is 0 Å². The van der Waals surface area contributed by atoms with Gasteiger partial charge in [0.25, 0.3) is 0 Å².